The van der Waals surface area contributed by atoms with E-state index in [2.05, 4.69) is 4.90 Å². The Kier molecular flexibility index (Phi) is 9.68. The molecule has 0 aliphatic carbocycles. The molecule has 9 heteroatoms. The molecule has 0 saturated carbocycles. The first kappa shape index (κ1) is 26.8. The van der Waals surface area contributed by atoms with Gasteiger partial charge < -0.3 is 14.9 Å². The van der Waals surface area contributed by atoms with Crippen LogP contribution in [0.5, 0.6) is 0 Å². The van der Waals surface area contributed by atoms with Crippen LogP contribution < -0.4 is 0 Å². The van der Waals surface area contributed by atoms with Gasteiger partial charge in [0, 0.05) is 19.0 Å². The number of benzene rings is 2. The summed E-state index contributed by atoms with van der Waals surface area (Å²) in [6, 6.07) is 7.92. The van der Waals surface area contributed by atoms with Crippen LogP contribution in [0.2, 0.25) is 10.0 Å². The number of nitrogens with zero attached hydrogens (tertiary/aromatic N) is 1. The fourth-order valence-corrected chi connectivity index (χ4v) is 4.73. The lowest BCUT2D eigenvalue weighted by Gasteiger charge is -2.28. The first-order valence-corrected chi connectivity index (χ1v) is 12.1. The van der Waals surface area contributed by atoms with Crippen LogP contribution in [0.4, 0.5) is 8.78 Å². The summed E-state index contributed by atoms with van der Waals surface area (Å²) in [4.78, 5) is 13.1. The predicted molar refractivity (Wildman–Crippen MR) is 127 cm³/mol. The van der Waals surface area contributed by atoms with Gasteiger partial charge in [-0.25, -0.2) is 8.78 Å². The third-order valence-corrected chi connectivity index (χ3v) is 6.91. The fourth-order valence-electron chi connectivity index (χ4n) is 4.41. The molecule has 1 heterocycles. The van der Waals surface area contributed by atoms with Crippen LogP contribution in [0.3, 0.4) is 0 Å². The zero-order valence-electron chi connectivity index (χ0n) is 18.9. The van der Waals surface area contributed by atoms with Gasteiger partial charge in [-0.15, -0.1) is 0 Å². The number of hydrogen-bond donors (Lipinski definition) is 2. The van der Waals surface area contributed by atoms with Crippen molar-refractivity contribution in [3.05, 3.63) is 68.7 Å². The van der Waals surface area contributed by atoms with Crippen molar-refractivity contribution in [1.29, 1.82) is 0 Å². The molecule has 0 radical (unpaired) electrons. The number of carbonyl (C=O) groups is 1. The summed E-state index contributed by atoms with van der Waals surface area (Å²) in [6.07, 6.45) is 1.26. The highest BCUT2D eigenvalue weighted by Crippen LogP contribution is 2.28. The van der Waals surface area contributed by atoms with Crippen molar-refractivity contribution < 1.29 is 28.5 Å². The van der Waals surface area contributed by atoms with Gasteiger partial charge in [-0.1, -0.05) is 29.3 Å². The van der Waals surface area contributed by atoms with Crippen LogP contribution in [0.1, 0.15) is 49.0 Å². The molecule has 186 valence electrons. The molecule has 0 unspecified atom stereocenters. The van der Waals surface area contributed by atoms with Crippen molar-refractivity contribution in [2.45, 2.75) is 57.3 Å². The minimum atomic E-state index is -1.03. The maximum Gasteiger partial charge on any atom is 0.303 e. The second-order valence-corrected chi connectivity index (χ2v) is 9.55. The summed E-state index contributed by atoms with van der Waals surface area (Å²) in [5, 5.41) is 20.6. The first-order chi connectivity index (χ1) is 16.1. The molecule has 1 aliphatic rings. The van der Waals surface area contributed by atoms with E-state index in [9.17, 15) is 18.7 Å². The maximum absolute atomic E-state index is 13.8. The number of β-amino-alcohol motifs (C(OH)–C–C–N with tert-alkyl or cyclic N) is 1. The van der Waals surface area contributed by atoms with Crippen molar-refractivity contribution in [3.63, 3.8) is 0 Å². The summed E-state index contributed by atoms with van der Waals surface area (Å²) >= 11 is 12.1. The lowest BCUT2D eigenvalue weighted by atomic mass is 9.98. The van der Waals surface area contributed by atoms with Crippen LogP contribution in [0, 0.1) is 11.6 Å². The lowest BCUT2D eigenvalue weighted by molar-refractivity contribution is -0.136. The molecule has 3 atom stereocenters. The summed E-state index contributed by atoms with van der Waals surface area (Å²) in [5.74, 6) is -3.08. The molecular formula is C25H29Cl2F2NO4. The van der Waals surface area contributed by atoms with Crippen molar-refractivity contribution in [3.8, 4) is 0 Å². The van der Waals surface area contributed by atoms with Gasteiger partial charge in [0.2, 0.25) is 0 Å². The number of aliphatic hydroxyl groups excluding tert-OH is 1. The number of carboxylic acid groups (broad SMARTS) is 1. The van der Waals surface area contributed by atoms with Crippen LogP contribution in [0.25, 0.3) is 0 Å². The average molecular weight is 516 g/mol. The number of aliphatic carboxylic acids is 1. The van der Waals surface area contributed by atoms with E-state index < -0.39 is 29.8 Å². The second kappa shape index (κ2) is 12.3. The third kappa shape index (κ3) is 7.36. The van der Waals surface area contributed by atoms with Gasteiger partial charge >= 0.3 is 5.97 Å². The molecule has 34 heavy (non-hydrogen) atoms. The average Bonchev–Trinajstić information content (AvgIpc) is 3.21. The van der Waals surface area contributed by atoms with E-state index in [4.69, 9.17) is 33.0 Å². The summed E-state index contributed by atoms with van der Waals surface area (Å²) < 4.78 is 33.3. The zero-order valence-corrected chi connectivity index (χ0v) is 20.5. The largest absolute Gasteiger partial charge is 0.481 e. The first-order valence-electron chi connectivity index (χ1n) is 11.3. The predicted octanol–water partition coefficient (Wildman–Crippen LogP) is 5.43. The Bertz CT molecular complexity index is 1010. The Labute approximate surface area is 208 Å². The number of aryl methyl sites for hydroxylation is 1. The van der Waals surface area contributed by atoms with E-state index >= 15 is 0 Å². The molecule has 1 fully saturated rings. The molecule has 2 N–H and O–H groups in total. The van der Waals surface area contributed by atoms with Gasteiger partial charge in [-0.2, -0.15) is 0 Å². The molecule has 5 nitrogen and oxygen atoms in total. The van der Waals surface area contributed by atoms with Gasteiger partial charge in [0.25, 0.3) is 0 Å². The molecule has 2 aromatic rings. The van der Waals surface area contributed by atoms with Crippen LogP contribution in [-0.4, -0.2) is 52.9 Å². The van der Waals surface area contributed by atoms with E-state index in [1.807, 2.05) is 12.1 Å². The Hall–Kier alpha value is -1.77. The van der Waals surface area contributed by atoms with Crippen LogP contribution in [0.15, 0.2) is 30.3 Å². The van der Waals surface area contributed by atoms with E-state index in [1.165, 1.54) is 0 Å². The normalized spacial score (nSPS) is 18.2. The Morgan fingerprint density at radius 2 is 1.94 bits per heavy atom. The monoisotopic (exact) mass is 515 g/mol. The summed E-state index contributed by atoms with van der Waals surface area (Å²) in [6.45, 7) is 2.96. The van der Waals surface area contributed by atoms with E-state index in [0.717, 1.165) is 43.5 Å². The fraction of sp³-hybridized carbons (Fsp3) is 0.480. The quantitative estimate of drug-likeness (QED) is 0.417. The number of likely N-dealkylation sites (tertiary alicyclic amines) is 1. The number of carboxylic acids is 1. The zero-order chi connectivity index (χ0) is 24.8. The molecule has 2 aromatic carbocycles. The molecule has 3 rings (SSSR count). The number of ether oxygens (including phenoxy) is 1. The molecular weight excluding hydrogens is 487 g/mol. The van der Waals surface area contributed by atoms with Gasteiger partial charge in [-0.05, 0) is 80.1 Å². The van der Waals surface area contributed by atoms with Crippen molar-refractivity contribution in [2.24, 2.45) is 0 Å². The number of aliphatic hydroxyl groups is 1. The molecule has 0 aromatic heterocycles. The molecule has 0 spiro atoms. The molecule has 1 aliphatic heterocycles. The Morgan fingerprint density at radius 1 is 1.21 bits per heavy atom. The van der Waals surface area contributed by atoms with Crippen molar-refractivity contribution in [2.75, 3.05) is 19.7 Å². The topological polar surface area (TPSA) is 70.0 Å². The number of hydrogen-bond acceptors (Lipinski definition) is 4. The van der Waals surface area contributed by atoms with Gasteiger partial charge in [0.15, 0.2) is 11.6 Å². The number of rotatable bonds is 11. The van der Waals surface area contributed by atoms with Gasteiger partial charge in [0.05, 0.1) is 28.9 Å². The highest BCUT2D eigenvalue weighted by atomic mass is 35.5. The Morgan fingerprint density at radius 3 is 2.65 bits per heavy atom. The van der Waals surface area contributed by atoms with Gasteiger partial charge in [0.1, 0.15) is 0 Å². The Balaban J connectivity index is 1.56. The molecule has 1 saturated heterocycles. The minimum Gasteiger partial charge on any atom is -0.481 e. The second-order valence-electron chi connectivity index (χ2n) is 8.73. The number of halogens is 4. The highest BCUT2D eigenvalue weighted by molar-refractivity contribution is 6.42. The summed E-state index contributed by atoms with van der Waals surface area (Å²) in [7, 11) is 0. The van der Waals surface area contributed by atoms with Crippen LogP contribution >= 0.6 is 23.2 Å². The van der Waals surface area contributed by atoms with Crippen molar-refractivity contribution in [1.82, 2.24) is 4.90 Å². The smallest absolute Gasteiger partial charge is 0.303 e. The van der Waals surface area contributed by atoms with Gasteiger partial charge in [-0.3, -0.25) is 9.69 Å². The minimum absolute atomic E-state index is 0.00846. The van der Waals surface area contributed by atoms with E-state index in [-0.39, 0.29) is 25.5 Å². The van der Waals surface area contributed by atoms with E-state index in [0.29, 0.717) is 27.7 Å². The van der Waals surface area contributed by atoms with E-state index in [1.54, 1.807) is 13.0 Å². The highest BCUT2D eigenvalue weighted by Gasteiger charge is 2.27. The van der Waals surface area contributed by atoms with Crippen LogP contribution in [-0.2, 0) is 22.4 Å². The SMILES string of the molecule is C[C@@H](OC[C@H](O)CN1CCC[C@H]1Cc1ccc(Cl)c(Cl)c1)c1cc(F)c(F)cc1CCC(=O)O. The molecule has 0 bridgehead atoms. The van der Waals surface area contributed by atoms with Crippen molar-refractivity contribution >= 4 is 29.2 Å². The summed E-state index contributed by atoms with van der Waals surface area (Å²) in [5.41, 5.74) is 1.84. The lowest BCUT2D eigenvalue weighted by Crippen LogP contribution is -2.39. The standard InChI is InChI=1S/C25H29Cl2F2NO4/c1-15(20-12-24(29)23(28)11-17(20)5-7-25(32)33)34-14-19(31)13-30-8-2-3-18(30)9-16-4-6-21(26)22(27)10-16/h4,6,10-12,15,18-19,31H,2-3,5,7-9,13-14H2,1H3,(H,32,33)/t15-,18+,19-/m1/s1. The third-order valence-electron chi connectivity index (χ3n) is 6.17. The molecule has 0 amide bonds. The maximum atomic E-state index is 13.8.